The van der Waals surface area contributed by atoms with E-state index in [-0.39, 0.29) is 0 Å². The van der Waals surface area contributed by atoms with Crippen LogP contribution in [0.1, 0.15) is 0 Å². The predicted molar refractivity (Wildman–Crippen MR) is 62.9 cm³/mol. The highest BCUT2D eigenvalue weighted by atomic mass is 35.5. The average Bonchev–Trinajstić information content (AvgIpc) is 2.83. The minimum Gasteiger partial charge on any atom is -0.258 e. The molecule has 4 nitrogen and oxygen atoms in total. The fraction of sp³-hybridized carbons (Fsp3) is 0. The summed E-state index contributed by atoms with van der Waals surface area (Å²) < 4.78 is 1.77. The summed E-state index contributed by atoms with van der Waals surface area (Å²) in [6, 6.07) is 3.59. The van der Waals surface area contributed by atoms with Gasteiger partial charge in [0.15, 0.2) is 5.65 Å². The van der Waals surface area contributed by atoms with Crippen molar-refractivity contribution in [1.82, 2.24) is 14.6 Å². The lowest BCUT2D eigenvalue weighted by Crippen LogP contribution is -1.94. The molecule has 0 N–H and O–H groups in total. The van der Waals surface area contributed by atoms with E-state index in [0.717, 1.165) is 10.7 Å². The molecule has 0 fully saturated rings. The highest BCUT2D eigenvalue weighted by Crippen LogP contribution is 2.37. The van der Waals surface area contributed by atoms with Crippen LogP contribution in [-0.2, 0) is 0 Å². The SMILES string of the molecule is Clc1ccc2ncc([SH]3C=CN=C3)n2n1. The van der Waals surface area contributed by atoms with E-state index in [2.05, 4.69) is 20.5 Å². The van der Waals surface area contributed by atoms with Gasteiger partial charge in [0, 0.05) is 11.7 Å². The number of aliphatic imine (C=N–C) groups is 1. The van der Waals surface area contributed by atoms with Gasteiger partial charge in [0.2, 0.25) is 0 Å². The van der Waals surface area contributed by atoms with Crippen LogP contribution in [0.25, 0.3) is 5.65 Å². The van der Waals surface area contributed by atoms with Crippen LogP contribution in [0.5, 0.6) is 0 Å². The third-order valence-electron chi connectivity index (χ3n) is 2.08. The molecule has 0 bridgehead atoms. The van der Waals surface area contributed by atoms with Gasteiger partial charge in [0.25, 0.3) is 0 Å². The van der Waals surface area contributed by atoms with Gasteiger partial charge in [-0.2, -0.15) is 5.10 Å². The molecule has 1 unspecified atom stereocenters. The van der Waals surface area contributed by atoms with Gasteiger partial charge in [0.1, 0.15) is 10.2 Å². The number of aromatic nitrogens is 3. The second-order valence-electron chi connectivity index (χ2n) is 3.01. The first-order valence-corrected chi connectivity index (χ1v) is 6.19. The number of hydrogen-bond acceptors (Lipinski definition) is 3. The largest absolute Gasteiger partial charge is 0.258 e. The number of thiol groups is 1. The normalized spacial score (nSPS) is 21.5. The molecule has 2 aromatic rings. The number of imidazole rings is 1. The Morgan fingerprint density at radius 2 is 2.27 bits per heavy atom. The van der Waals surface area contributed by atoms with E-state index >= 15 is 0 Å². The second kappa shape index (κ2) is 3.36. The average molecular weight is 239 g/mol. The highest BCUT2D eigenvalue weighted by Gasteiger charge is 2.11. The number of hydrogen-bond donors (Lipinski definition) is 1. The van der Waals surface area contributed by atoms with Crippen molar-refractivity contribution in [3.8, 4) is 0 Å². The molecule has 1 atom stereocenters. The minimum atomic E-state index is -0.508. The fourth-order valence-corrected chi connectivity index (χ4v) is 2.89. The lowest BCUT2D eigenvalue weighted by Gasteiger charge is -2.06. The molecule has 76 valence electrons. The molecule has 0 spiro atoms. The molecule has 6 heteroatoms. The number of fused-ring (bicyclic) bond motifs is 1. The molecule has 3 heterocycles. The van der Waals surface area contributed by atoms with E-state index in [1.54, 1.807) is 16.8 Å². The third-order valence-corrected chi connectivity index (χ3v) is 3.95. The lowest BCUT2D eigenvalue weighted by molar-refractivity contribution is 0.856. The Bertz CT molecular complexity index is 562. The Labute approximate surface area is 93.6 Å². The van der Waals surface area contributed by atoms with E-state index in [4.69, 9.17) is 11.6 Å². The highest BCUT2D eigenvalue weighted by molar-refractivity contribution is 8.31. The molecule has 0 radical (unpaired) electrons. The molecular formula is C9H7ClN4S. The molecule has 0 amide bonds. The Morgan fingerprint density at radius 3 is 3.07 bits per heavy atom. The van der Waals surface area contributed by atoms with Crippen molar-refractivity contribution in [1.29, 1.82) is 0 Å². The summed E-state index contributed by atoms with van der Waals surface area (Å²) >= 11 is 5.85. The molecule has 15 heavy (non-hydrogen) atoms. The van der Waals surface area contributed by atoms with Crippen LogP contribution >= 0.6 is 22.5 Å². The van der Waals surface area contributed by atoms with Gasteiger partial charge < -0.3 is 0 Å². The molecule has 0 saturated heterocycles. The molecule has 0 aromatic carbocycles. The lowest BCUT2D eigenvalue weighted by atomic mass is 10.6. The smallest absolute Gasteiger partial charge is 0.154 e. The number of rotatable bonds is 1. The molecule has 0 saturated carbocycles. The summed E-state index contributed by atoms with van der Waals surface area (Å²) in [5, 5.41) is 7.79. The van der Waals surface area contributed by atoms with E-state index < -0.39 is 10.9 Å². The maximum Gasteiger partial charge on any atom is 0.154 e. The zero-order valence-electron chi connectivity index (χ0n) is 7.58. The van der Waals surface area contributed by atoms with Crippen molar-refractivity contribution in [2.75, 3.05) is 0 Å². The van der Waals surface area contributed by atoms with E-state index in [1.165, 1.54) is 0 Å². The monoisotopic (exact) mass is 238 g/mol. The van der Waals surface area contributed by atoms with Crippen molar-refractivity contribution < 1.29 is 0 Å². The Balaban J connectivity index is 2.22. The molecular weight excluding hydrogens is 232 g/mol. The van der Waals surface area contributed by atoms with E-state index in [1.807, 2.05) is 17.8 Å². The maximum absolute atomic E-state index is 5.85. The van der Waals surface area contributed by atoms with Crippen LogP contribution in [0, 0.1) is 0 Å². The summed E-state index contributed by atoms with van der Waals surface area (Å²) in [6.07, 6.45) is 3.63. The summed E-state index contributed by atoms with van der Waals surface area (Å²) in [6.45, 7) is 0. The van der Waals surface area contributed by atoms with Gasteiger partial charge in [-0.05, 0) is 17.5 Å². The Kier molecular flexibility index (Phi) is 2.00. The van der Waals surface area contributed by atoms with Crippen molar-refractivity contribution >= 4 is 33.7 Å². The topological polar surface area (TPSA) is 42.5 Å². The number of nitrogens with zero attached hydrogens (tertiary/aromatic N) is 4. The molecule has 3 rings (SSSR count). The molecule has 2 aromatic heterocycles. The van der Waals surface area contributed by atoms with Gasteiger partial charge in [-0.3, -0.25) is 4.99 Å². The quantitative estimate of drug-likeness (QED) is 0.775. The van der Waals surface area contributed by atoms with Crippen LogP contribution in [0.15, 0.2) is 40.0 Å². The summed E-state index contributed by atoms with van der Waals surface area (Å²) in [5.41, 5.74) is 2.73. The zero-order chi connectivity index (χ0) is 10.3. The minimum absolute atomic E-state index is 0.469. The molecule has 1 aliphatic rings. The van der Waals surface area contributed by atoms with Crippen molar-refractivity contribution in [3.63, 3.8) is 0 Å². The van der Waals surface area contributed by atoms with Crippen LogP contribution in [0.2, 0.25) is 5.15 Å². The van der Waals surface area contributed by atoms with Crippen molar-refractivity contribution in [3.05, 3.63) is 35.1 Å². The van der Waals surface area contributed by atoms with Gasteiger partial charge in [-0.25, -0.2) is 9.50 Å². The summed E-state index contributed by atoms with van der Waals surface area (Å²) in [7, 11) is -0.508. The van der Waals surface area contributed by atoms with Crippen LogP contribution in [0.3, 0.4) is 0 Å². The van der Waals surface area contributed by atoms with Gasteiger partial charge in [-0.15, -0.1) is 10.9 Å². The van der Waals surface area contributed by atoms with E-state index in [9.17, 15) is 0 Å². The van der Waals surface area contributed by atoms with Crippen LogP contribution in [0.4, 0.5) is 0 Å². The summed E-state index contributed by atoms with van der Waals surface area (Å²) in [5.74, 6) is 0. The third kappa shape index (κ3) is 1.44. The second-order valence-corrected chi connectivity index (χ2v) is 5.20. The Hall–Kier alpha value is -1.33. The number of halogens is 1. The van der Waals surface area contributed by atoms with Gasteiger partial charge in [-0.1, -0.05) is 11.6 Å². The van der Waals surface area contributed by atoms with Crippen molar-refractivity contribution in [2.24, 2.45) is 4.99 Å². The maximum atomic E-state index is 5.85. The summed E-state index contributed by atoms with van der Waals surface area (Å²) in [4.78, 5) is 8.34. The first-order valence-electron chi connectivity index (χ1n) is 4.33. The van der Waals surface area contributed by atoms with E-state index in [0.29, 0.717) is 5.15 Å². The standard InChI is InChI=1S/C9H7ClN4S/c10-7-1-2-8-12-5-9(14(8)13-7)15-4-3-11-6-15/h1-6,15H. The predicted octanol–water partition coefficient (Wildman–Crippen LogP) is 2.26. The van der Waals surface area contributed by atoms with Crippen LogP contribution < -0.4 is 0 Å². The molecule has 1 aliphatic heterocycles. The van der Waals surface area contributed by atoms with Crippen LogP contribution in [-0.4, -0.2) is 20.1 Å². The van der Waals surface area contributed by atoms with Gasteiger partial charge in [0.05, 0.1) is 6.20 Å². The first-order chi connectivity index (χ1) is 7.34. The zero-order valence-corrected chi connectivity index (χ0v) is 9.23. The molecule has 0 aliphatic carbocycles. The fourth-order valence-electron chi connectivity index (χ4n) is 1.41. The Morgan fingerprint density at radius 1 is 1.33 bits per heavy atom. The van der Waals surface area contributed by atoms with Crippen molar-refractivity contribution in [2.45, 2.75) is 5.03 Å². The van der Waals surface area contributed by atoms with Gasteiger partial charge >= 0.3 is 0 Å². The first kappa shape index (κ1) is 8.94.